The summed E-state index contributed by atoms with van der Waals surface area (Å²) in [5.74, 6) is 4.53. The number of hydrogen-bond acceptors (Lipinski definition) is 6. The third-order valence-corrected chi connectivity index (χ3v) is 6.49. The molecule has 9 nitrogen and oxygen atoms in total. The van der Waals surface area contributed by atoms with Gasteiger partial charge < -0.3 is 15.8 Å². The summed E-state index contributed by atoms with van der Waals surface area (Å²) in [5.41, 5.74) is 7.05. The van der Waals surface area contributed by atoms with Crippen LogP contribution in [-0.2, 0) is 4.79 Å². The SMILES string of the molecule is CC#N.CO[n+]1cc(-c2cc(Cl)ccc2NN)ccc1C(CC1CC1)C(=O)Nc1ccc(C(=O)O)c(C)c1. The van der Waals surface area contributed by atoms with Gasteiger partial charge in [-0.2, -0.15) is 5.26 Å². The maximum atomic E-state index is 13.4. The van der Waals surface area contributed by atoms with E-state index in [9.17, 15) is 14.7 Å². The molecule has 1 amide bonds. The zero-order chi connectivity index (χ0) is 27.8. The number of nitrogens with one attached hydrogen (secondary N) is 2. The van der Waals surface area contributed by atoms with E-state index in [2.05, 4.69) is 10.7 Å². The van der Waals surface area contributed by atoms with Crippen molar-refractivity contribution in [2.45, 2.75) is 39.0 Å². The van der Waals surface area contributed by atoms with Gasteiger partial charge in [0.15, 0.2) is 0 Å². The van der Waals surface area contributed by atoms with Crippen LogP contribution in [0.4, 0.5) is 11.4 Å². The van der Waals surface area contributed by atoms with Gasteiger partial charge in [0, 0.05) is 34.0 Å². The van der Waals surface area contributed by atoms with E-state index >= 15 is 0 Å². The quantitative estimate of drug-likeness (QED) is 0.176. The Morgan fingerprint density at radius 1 is 1.24 bits per heavy atom. The maximum absolute atomic E-state index is 13.4. The largest absolute Gasteiger partial charge is 0.478 e. The van der Waals surface area contributed by atoms with Gasteiger partial charge >= 0.3 is 5.97 Å². The first-order valence-corrected chi connectivity index (χ1v) is 12.4. The van der Waals surface area contributed by atoms with Crippen molar-refractivity contribution in [1.82, 2.24) is 0 Å². The van der Waals surface area contributed by atoms with Crippen molar-refractivity contribution in [3.63, 3.8) is 0 Å². The number of aryl methyl sites for hydroxylation is 1. The second-order valence-corrected chi connectivity index (χ2v) is 9.40. The highest BCUT2D eigenvalue weighted by Crippen LogP contribution is 2.39. The zero-order valence-corrected chi connectivity index (χ0v) is 22.2. The van der Waals surface area contributed by atoms with Crippen molar-refractivity contribution >= 4 is 34.9 Å². The van der Waals surface area contributed by atoms with E-state index in [4.69, 9.17) is 27.5 Å². The molecule has 0 saturated heterocycles. The molecule has 1 heterocycles. The van der Waals surface area contributed by atoms with Crippen molar-refractivity contribution in [1.29, 1.82) is 5.26 Å². The van der Waals surface area contributed by atoms with Crippen LogP contribution in [0.25, 0.3) is 11.1 Å². The first-order chi connectivity index (χ1) is 18.2. The Balaban J connectivity index is 0.00000127. The molecule has 1 unspecified atom stereocenters. The lowest BCUT2D eigenvalue weighted by Crippen LogP contribution is -2.47. The minimum absolute atomic E-state index is 0.176. The number of carbonyl (C=O) groups excluding carboxylic acids is 1. The van der Waals surface area contributed by atoms with Crippen molar-refractivity contribution in [2.75, 3.05) is 17.9 Å². The van der Waals surface area contributed by atoms with Crippen molar-refractivity contribution in [2.24, 2.45) is 11.8 Å². The molecule has 0 aliphatic heterocycles. The molecule has 1 aromatic heterocycles. The lowest BCUT2D eigenvalue weighted by molar-refractivity contribution is -0.890. The van der Waals surface area contributed by atoms with Crippen LogP contribution >= 0.6 is 11.6 Å². The summed E-state index contributed by atoms with van der Waals surface area (Å²) in [7, 11) is 1.55. The maximum Gasteiger partial charge on any atom is 0.335 e. The van der Waals surface area contributed by atoms with Gasteiger partial charge in [0.25, 0.3) is 0 Å². The molecule has 1 atom stereocenters. The molecule has 198 valence electrons. The second-order valence-electron chi connectivity index (χ2n) is 8.96. The molecule has 10 heteroatoms. The predicted octanol–water partition coefficient (Wildman–Crippen LogP) is 4.70. The number of rotatable bonds is 9. The number of amides is 1. The van der Waals surface area contributed by atoms with Gasteiger partial charge in [-0.15, -0.1) is 0 Å². The molecule has 2 aromatic carbocycles. The predicted molar refractivity (Wildman–Crippen MR) is 146 cm³/mol. The van der Waals surface area contributed by atoms with Gasteiger partial charge in [-0.25, -0.2) is 4.79 Å². The van der Waals surface area contributed by atoms with Crippen LogP contribution in [0.1, 0.15) is 53.7 Å². The Hall–Kier alpha value is -4.13. The summed E-state index contributed by atoms with van der Waals surface area (Å²) in [6.07, 6.45) is 4.68. The molecular weight excluding hydrogens is 506 g/mol. The molecule has 1 aliphatic carbocycles. The molecule has 3 aromatic rings. The van der Waals surface area contributed by atoms with Gasteiger partial charge in [-0.05, 0) is 67.3 Å². The molecule has 0 bridgehead atoms. The smallest absolute Gasteiger partial charge is 0.335 e. The van der Waals surface area contributed by atoms with Crippen LogP contribution in [0.2, 0.25) is 5.02 Å². The van der Waals surface area contributed by atoms with Crippen molar-refractivity contribution in [3.8, 4) is 17.2 Å². The van der Waals surface area contributed by atoms with Crippen molar-refractivity contribution in [3.05, 3.63) is 76.6 Å². The number of nitrogen functional groups attached to an aromatic ring is 1. The lowest BCUT2D eigenvalue weighted by Gasteiger charge is -2.16. The topological polar surface area (TPSA) is 141 Å². The standard InChI is InChI=1S/C26H27ClN4O4.C2H3N/c1-15-11-19(7-8-20(15)26(33)34)29-25(32)22(12-16-3-4-16)24-10-5-17(14-31(24)35-2)21-13-18(27)6-9-23(21)30-28;1-2-3/h5-11,13-14,16,22,30H,3-4,12,28H2,1-2H3,(H-,29,32,33,34);1H3/p+1. The molecule has 1 fully saturated rings. The number of hydrazine groups is 1. The van der Waals surface area contributed by atoms with Crippen LogP contribution < -0.4 is 26.2 Å². The van der Waals surface area contributed by atoms with E-state index in [1.165, 1.54) is 13.0 Å². The third-order valence-electron chi connectivity index (χ3n) is 6.25. The number of nitriles is 1. The number of carboxylic acid groups (broad SMARTS) is 1. The van der Waals surface area contributed by atoms with E-state index in [0.29, 0.717) is 40.0 Å². The highest BCUT2D eigenvalue weighted by molar-refractivity contribution is 6.31. The summed E-state index contributed by atoms with van der Waals surface area (Å²) >= 11 is 6.21. The van der Waals surface area contributed by atoms with E-state index in [0.717, 1.165) is 24.0 Å². The Morgan fingerprint density at radius 3 is 2.53 bits per heavy atom. The summed E-state index contributed by atoms with van der Waals surface area (Å²) in [4.78, 5) is 30.4. The minimum Gasteiger partial charge on any atom is -0.478 e. The van der Waals surface area contributed by atoms with Gasteiger partial charge in [-0.1, -0.05) is 24.4 Å². The van der Waals surface area contributed by atoms with E-state index < -0.39 is 11.9 Å². The summed E-state index contributed by atoms with van der Waals surface area (Å²) in [6.45, 7) is 3.14. The Bertz CT molecular complexity index is 1370. The normalized spacial score (nSPS) is 12.8. The average molecular weight is 537 g/mol. The number of aromatic carboxylic acids is 1. The van der Waals surface area contributed by atoms with Crippen LogP contribution in [0.5, 0.6) is 0 Å². The molecule has 1 aliphatic rings. The van der Waals surface area contributed by atoms with Gasteiger partial charge in [0.05, 0.1) is 22.9 Å². The lowest BCUT2D eigenvalue weighted by atomic mass is 9.95. The van der Waals surface area contributed by atoms with Crippen LogP contribution in [0.15, 0.2) is 54.7 Å². The Kier molecular flexibility index (Phi) is 9.66. The summed E-state index contributed by atoms with van der Waals surface area (Å²) < 4.78 is 1.60. The van der Waals surface area contributed by atoms with Gasteiger partial charge in [-0.3, -0.25) is 15.5 Å². The second kappa shape index (κ2) is 12.9. The fraction of sp³-hybridized carbons (Fsp3) is 0.286. The molecule has 38 heavy (non-hydrogen) atoms. The van der Waals surface area contributed by atoms with Gasteiger partial charge in [0.2, 0.25) is 17.8 Å². The van der Waals surface area contributed by atoms with Crippen LogP contribution in [0, 0.1) is 24.2 Å². The number of hydrogen-bond donors (Lipinski definition) is 4. The number of carboxylic acids is 1. The summed E-state index contributed by atoms with van der Waals surface area (Å²) in [5, 5.41) is 20.1. The number of carbonyl (C=O) groups is 2. The van der Waals surface area contributed by atoms with Crippen LogP contribution in [0.3, 0.4) is 0 Å². The number of pyridine rings is 1. The zero-order valence-electron chi connectivity index (χ0n) is 21.5. The number of halogens is 1. The van der Waals surface area contributed by atoms with Crippen molar-refractivity contribution < 1.29 is 24.3 Å². The molecule has 5 N–H and O–H groups in total. The summed E-state index contributed by atoms with van der Waals surface area (Å²) in [6, 6.07) is 15.7. The third kappa shape index (κ3) is 7.00. The highest BCUT2D eigenvalue weighted by atomic mass is 35.5. The molecule has 4 rings (SSSR count). The molecule has 0 spiro atoms. The first kappa shape index (κ1) is 28.4. The number of anilines is 2. The first-order valence-electron chi connectivity index (χ1n) is 12.0. The number of nitrogens with two attached hydrogens (primary N) is 1. The fourth-order valence-corrected chi connectivity index (χ4v) is 4.39. The highest BCUT2D eigenvalue weighted by Gasteiger charge is 2.36. The average Bonchev–Trinajstić information content (AvgIpc) is 3.71. The Morgan fingerprint density at radius 2 is 1.95 bits per heavy atom. The number of benzene rings is 2. The van der Waals surface area contributed by atoms with Gasteiger partial charge in [0.1, 0.15) is 13.0 Å². The molecule has 1 saturated carbocycles. The van der Waals surface area contributed by atoms with E-state index in [-0.39, 0.29) is 11.5 Å². The minimum atomic E-state index is -0.999. The monoisotopic (exact) mass is 536 g/mol. The number of aromatic nitrogens is 1. The van der Waals surface area contributed by atoms with Crippen LogP contribution in [-0.4, -0.2) is 24.1 Å². The fourth-order valence-electron chi connectivity index (χ4n) is 4.22. The van der Waals surface area contributed by atoms with E-state index in [1.807, 2.05) is 18.2 Å². The molecular formula is C28H31ClN5O4+. The molecule has 0 radical (unpaired) electrons. The van der Waals surface area contributed by atoms with E-state index in [1.54, 1.807) is 55.3 Å². The number of nitrogens with zero attached hydrogens (tertiary/aromatic N) is 2. The Labute approximate surface area is 226 Å².